The predicted molar refractivity (Wildman–Crippen MR) is 82.1 cm³/mol. The maximum Gasteiger partial charge on any atom is 0.288 e. The van der Waals surface area contributed by atoms with Gasteiger partial charge in [0, 0.05) is 31.5 Å². The molecule has 0 unspecified atom stereocenters. The summed E-state index contributed by atoms with van der Waals surface area (Å²) in [5.41, 5.74) is 1.99. The fraction of sp³-hybridized carbons (Fsp3) is 0.267. The predicted octanol–water partition coefficient (Wildman–Crippen LogP) is 3.67. The zero-order valence-corrected chi connectivity index (χ0v) is 12.5. The molecule has 0 saturated carbocycles. The second kappa shape index (κ2) is 7.15. The molecule has 0 amide bonds. The molecule has 1 aromatic heterocycles. The number of pyridine rings is 1. The molecule has 0 fully saturated rings. The highest BCUT2D eigenvalue weighted by molar-refractivity contribution is 6.32. The van der Waals surface area contributed by atoms with E-state index in [4.69, 9.17) is 11.6 Å². The molecule has 1 heterocycles. The van der Waals surface area contributed by atoms with E-state index in [2.05, 4.69) is 16.8 Å². The van der Waals surface area contributed by atoms with Gasteiger partial charge in [-0.25, -0.2) is 0 Å². The number of nitrogens with zero attached hydrogens (tertiary/aromatic N) is 3. The summed E-state index contributed by atoms with van der Waals surface area (Å²) >= 11 is 5.83. The van der Waals surface area contributed by atoms with Gasteiger partial charge in [-0.3, -0.25) is 20.0 Å². The van der Waals surface area contributed by atoms with Gasteiger partial charge in [-0.1, -0.05) is 24.6 Å². The number of halogens is 1. The average molecular weight is 306 g/mol. The van der Waals surface area contributed by atoms with Crippen LogP contribution in [-0.2, 0) is 13.1 Å². The molecule has 5 nitrogen and oxygen atoms in total. The molecule has 110 valence electrons. The van der Waals surface area contributed by atoms with Crippen LogP contribution in [0.3, 0.4) is 0 Å². The average Bonchev–Trinajstić information content (AvgIpc) is 2.49. The van der Waals surface area contributed by atoms with Crippen molar-refractivity contribution in [1.29, 1.82) is 0 Å². The fourth-order valence-corrected chi connectivity index (χ4v) is 2.27. The Morgan fingerprint density at radius 3 is 2.48 bits per heavy atom. The number of nitro groups is 1. The number of nitro benzene ring substituents is 1. The van der Waals surface area contributed by atoms with E-state index in [0.717, 1.165) is 24.2 Å². The van der Waals surface area contributed by atoms with Gasteiger partial charge in [0.2, 0.25) is 0 Å². The lowest BCUT2D eigenvalue weighted by Gasteiger charge is -2.20. The van der Waals surface area contributed by atoms with Gasteiger partial charge in [0.15, 0.2) is 0 Å². The molecule has 0 aliphatic rings. The molecule has 0 radical (unpaired) electrons. The topological polar surface area (TPSA) is 59.3 Å². The third kappa shape index (κ3) is 4.24. The molecule has 0 aliphatic carbocycles. The normalized spacial score (nSPS) is 10.8. The molecule has 2 aromatic rings. The van der Waals surface area contributed by atoms with Crippen LogP contribution in [0.1, 0.15) is 18.1 Å². The first kappa shape index (κ1) is 15.4. The van der Waals surface area contributed by atoms with E-state index >= 15 is 0 Å². The van der Waals surface area contributed by atoms with Gasteiger partial charge in [0.05, 0.1) is 4.92 Å². The molecule has 2 rings (SSSR count). The maximum absolute atomic E-state index is 10.9. The number of benzene rings is 1. The molecule has 1 aromatic carbocycles. The molecular formula is C15H16ClN3O2. The Bertz CT molecular complexity index is 620. The zero-order chi connectivity index (χ0) is 15.2. The summed E-state index contributed by atoms with van der Waals surface area (Å²) in [5.74, 6) is 0. The Hall–Kier alpha value is -1.98. The van der Waals surface area contributed by atoms with Crippen molar-refractivity contribution in [2.45, 2.75) is 20.0 Å². The van der Waals surface area contributed by atoms with Crippen LogP contribution in [0.15, 0.2) is 42.7 Å². The van der Waals surface area contributed by atoms with Crippen LogP contribution in [0.2, 0.25) is 5.02 Å². The second-order valence-corrected chi connectivity index (χ2v) is 5.11. The Balaban J connectivity index is 2.11. The molecule has 0 bridgehead atoms. The summed E-state index contributed by atoms with van der Waals surface area (Å²) in [7, 11) is 0. The first-order valence-corrected chi connectivity index (χ1v) is 7.02. The standard InChI is InChI=1S/C15H16ClN3O2/c1-2-18(10-12-5-7-17-8-6-12)11-13-3-4-14(16)15(9-13)19(20)21/h3-9H,2,10-11H2,1H3. The lowest BCUT2D eigenvalue weighted by atomic mass is 10.1. The molecular weight excluding hydrogens is 290 g/mol. The van der Waals surface area contributed by atoms with Gasteiger partial charge in [0.25, 0.3) is 5.69 Å². The fourth-order valence-electron chi connectivity index (χ4n) is 2.08. The third-order valence-corrected chi connectivity index (χ3v) is 3.54. The van der Waals surface area contributed by atoms with Crippen molar-refractivity contribution < 1.29 is 4.92 Å². The van der Waals surface area contributed by atoms with Crippen LogP contribution < -0.4 is 0 Å². The van der Waals surface area contributed by atoms with Crippen molar-refractivity contribution in [2.75, 3.05) is 6.54 Å². The maximum atomic E-state index is 10.9. The van der Waals surface area contributed by atoms with Gasteiger partial charge in [0.1, 0.15) is 5.02 Å². The van der Waals surface area contributed by atoms with E-state index in [-0.39, 0.29) is 10.7 Å². The summed E-state index contributed by atoms with van der Waals surface area (Å²) in [4.78, 5) is 16.7. The van der Waals surface area contributed by atoms with Crippen LogP contribution in [0.5, 0.6) is 0 Å². The third-order valence-electron chi connectivity index (χ3n) is 3.22. The first-order valence-electron chi connectivity index (χ1n) is 6.64. The molecule has 6 heteroatoms. The van der Waals surface area contributed by atoms with Crippen LogP contribution in [0, 0.1) is 10.1 Å². The van der Waals surface area contributed by atoms with E-state index in [1.165, 1.54) is 6.07 Å². The molecule has 21 heavy (non-hydrogen) atoms. The number of hydrogen-bond acceptors (Lipinski definition) is 4. The highest BCUT2D eigenvalue weighted by Gasteiger charge is 2.14. The van der Waals surface area contributed by atoms with Crippen molar-refractivity contribution >= 4 is 17.3 Å². The highest BCUT2D eigenvalue weighted by atomic mass is 35.5. The van der Waals surface area contributed by atoms with Crippen LogP contribution in [-0.4, -0.2) is 21.4 Å². The van der Waals surface area contributed by atoms with Crippen molar-refractivity contribution in [3.8, 4) is 0 Å². The molecule has 0 saturated heterocycles. The zero-order valence-electron chi connectivity index (χ0n) is 11.7. The van der Waals surface area contributed by atoms with Crippen molar-refractivity contribution in [3.63, 3.8) is 0 Å². The Morgan fingerprint density at radius 1 is 1.19 bits per heavy atom. The second-order valence-electron chi connectivity index (χ2n) is 4.70. The summed E-state index contributed by atoms with van der Waals surface area (Å²) < 4.78 is 0. The largest absolute Gasteiger partial charge is 0.295 e. The Morgan fingerprint density at radius 2 is 1.86 bits per heavy atom. The van der Waals surface area contributed by atoms with Crippen molar-refractivity contribution in [3.05, 3.63) is 69.0 Å². The summed E-state index contributed by atoms with van der Waals surface area (Å²) in [5, 5.41) is 11.1. The first-order chi connectivity index (χ1) is 10.1. The van der Waals surface area contributed by atoms with Gasteiger partial charge in [-0.05, 0) is 35.9 Å². The summed E-state index contributed by atoms with van der Waals surface area (Å²) in [6.45, 7) is 4.32. The molecule has 0 N–H and O–H groups in total. The molecule has 0 spiro atoms. The van der Waals surface area contributed by atoms with E-state index in [1.54, 1.807) is 18.5 Å². The van der Waals surface area contributed by atoms with E-state index in [9.17, 15) is 10.1 Å². The van der Waals surface area contributed by atoms with E-state index < -0.39 is 4.92 Å². The quantitative estimate of drug-likeness (QED) is 0.603. The van der Waals surface area contributed by atoms with Crippen LogP contribution in [0.4, 0.5) is 5.69 Å². The lowest BCUT2D eigenvalue weighted by molar-refractivity contribution is -0.384. The highest BCUT2D eigenvalue weighted by Crippen LogP contribution is 2.25. The van der Waals surface area contributed by atoms with E-state index in [0.29, 0.717) is 6.54 Å². The van der Waals surface area contributed by atoms with Crippen LogP contribution in [0.25, 0.3) is 0 Å². The smallest absolute Gasteiger partial charge is 0.288 e. The van der Waals surface area contributed by atoms with Gasteiger partial charge in [-0.15, -0.1) is 0 Å². The number of aromatic nitrogens is 1. The minimum Gasteiger partial charge on any atom is -0.295 e. The lowest BCUT2D eigenvalue weighted by Crippen LogP contribution is -2.22. The van der Waals surface area contributed by atoms with Gasteiger partial charge < -0.3 is 0 Å². The van der Waals surface area contributed by atoms with E-state index in [1.807, 2.05) is 18.2 Å². The Kier molecular flexibility index (Phi) is 5.25. The summed E-state index contributed by atoms with van der Waals surface area (Å²) in [6.07, 6.45) is 3.52. The number of hydrogen-bond donors (Lipinski definition) is 0. The molecule has 0 atom stereocenters. The Labute approximate surface area is 128 Å². The monoisotopic (exact) mass is 305 g/mol. The summed E-state index contributed by atoms with van der Waals surface area (Å²) in [6, 6.07) is 8.87. The van der Waals surface area contributed by atoms with Gasteiger partial charge >= 0.3 is 0 Å². The van der Waals surface area contributed by atoms with Crippen molar-refractivity contribution in [1.82, 2.24) is 9.88 Å². The minimum absolute atomic E-state index is 0.0471. The SMILES string of the molecule is CCN(Cc1ccncc1)Cc1ccc(Cl)c([N+](=O)[O-])c1. The van der Waals surface area contributed by atoms with Gasteiger partial charge in [-0.2, -0.15) is 0 Å². The van der Waals surface area contributed by atoms with Crippen molar-refractivity contribution in [2.24, 2.45) is 0 Å². The minimum atomic E-state index is -0.453. The molecule has 0 aliphatic heterocycles. The van der Waals surface area contributed by atoms with Crippen LogP contribution >= 0.6 is 11.6 Å². The number of rotatable bonds is 6.